The first kappa shape index (κ1) is 11.6. The molecule has 1 aromatic rings. The maximum atomic E-state index is 11.4. The minimum atomic E-state index is -0.225. The Bertz CT molecular complexity index is 318. The molecule has 0 amide bonds. The molecular formula is C10H14O2S2. The molecule has 0 aromatic carbocycles. The van der Waals surface area contributed by atoms with Gasteiger partial charge in [-0.25, -0.2) is 4.79 Å². The summed E-state index contributed by atoms with van der Waals surface area (Å²) in [7, 11) is 1.42. The smallest absolute Gasteiger partial charge is 0.339 e. The molecule has 0 atom stereocenters. The summed E-state index contributed by atoms with van der Waals surface area (Å²) >= 11 is 3.39. The number of hydrogen-bond donors (Lipinski definition) is 0. The van der Waals surface area contributed by atoms with E-state index in [9.17, 15) is 4.79 Å². The molecule has 78 valence electrons. The average Bonchev–Trinajstić information content (AvgIpc) is 2.61. The van der Waals surface area contributed by atoms with Crippen LogP contribution in [0.2, 0.25) is 0 Å². The Labute approximate surface area is 92.7 Å². The minimum absolute atomic E-state index is 0.225. The fraction of sp³-hybridized carbons (Fsp3) is 0.500. The highest BCUT2D eigenvalue weighted by Gasteiger charge is 2.15. The lowest BCUT2D eigenvalue weighted by atomic mass is 10.3. The van der Waals surface area contributed by atoms with Gasteiger partial charge >= 0.3 is 5.97 Å². The number of aryl methyl sites for hydroxylation is 1. The van der Waals surface area contributed by atoms with E-state index in [2.05, 4.69) is 13.8 Å². The van der Waals surface area contributed by atoms with E-state index in [1.807, 2.05) is 6.07 Å². The third-order valence-electron chi connectivity index (χ3n) is 1.78. The minimum Gasteiger partial charge on any atom is -0.465 e. The third kappa shape index (κ3) is 2.51. The highest BCUT2D eigenvalue weighted by atomic mass is 32.2. The normalized spacial score (nSPS) is 10.2. The zero-order valence-electron chi connectivity index (χ0n) is 8.62. The van der Waals surface area contributed by atoms with Gasteiger partial charge in [-0.15, -0.1) is 23.1 Å². The molecular weight excluding hydrogens is 216 g/mol. The Kier molecular flexibility index (Phi) is 4.48. The molecule has 1 aromatic heterocycles. The summed E-state index contributed by atoms with van der Waals surface area (Å²) in [6.45, 7) is 4.17. The van der Waals surface area contributed by atoms with Gasteiger partial charge in [-0.2, -0.15) is 0 Å². The molecule has 0 unspecified atom stereocenters. The van der Waals surface area contributed by atoms with Crippen LogP contribution in [0.4, 0.5) is 0 Å². The van der Waals surface area contributed by atoms with Crippen molar-refractivity contribution in [1.82, 2.24) is 0 Å². The first-order valence-electron chi connectivity index (χ1n) is 4.56. The van der Waals surface area contributed by atoms with Gasteiger partial charge in [0.05, 0.1) is 16.9 Å². The van der Waals surface area contributed by atoms with Gasteiger partial charge in [0.2, 0.25) is 0 Å². The van der Waals surface area contributed by atoms with Crippen molar-refractivity contribution >= 4 is 29.1 Å². The third-order valence-corrected chi connectivity index (χ3v) is 4.23. The number of thiophene rings is 1. The predicted molar refractivity (Wildman–Crippen MR) is 61.4 cm³/mol. The van der Waals surface area contributed by atoms with Crippen molar-refractivity contribution in [3.8, 4) is 0 Å². The largest absolute Gasteiger partial charge is 0.465 e. The van der Waals surface area contributed by atoms with Crippen molar-refractivity contribution in [3.05, 3.63) is 16.5 Å². The van der Waals surface area contributed by atoms with Crippen molar-refractivity contribution in [1.29, 1.82) is 0 Å². The van der Waals surface area contributed by atoms with E-state index < -0.39 is 0 Å². The molecule has 4 heteroatoms. The van der Waals surface area contributed by atoms with Crippen LogP contribution in [0, 0.1) is 0 Å². The van der Waals surface area contributed by atoms with Crippen LogP contribution in [0.25, 0.3) is 0 Å². The number of carbonyl (C=O) groups is 1. The van der Waals surface area contributed by atoms with E-state index in [0.717, 1.165) is 21.9 Å². The first-order valence-corrected chi connectivity index (χ1v) is 6.36. The molecule has 14 heavy (non-hydrogen) atoms. The second kappa shape index (κ2) is 5.41. The van der Waals surface area contributed by atoms with Gasteiger partial charge in [-0.05, 0) is 18.2 Å². The Morgan fingerprint density at radius 2 is 2.29 bits per heavy atom. The van der Waals surface area contributed by atoms with E-state index in [-0.39, 0.29) is 5.97 Å². The lowest BCUT2D eigenvalue weighted by Gasteiger charge is -1.98. The van der Waals surface area contributed by atoms with Crippen LogP contribution in [0.5, 0.6) is 0 Å². The van der Waals surface area contributed by atoms with Crippen LogP contribution >= 0.6 is 23.1 Å². The molecule has 0 aliphatic rings. The van der Waals surface area contributed by atoms with Gasteiger partial charge in [0, 0.05) is 4.88 Å². The van der Waals surface area contributed by atoms with E-state index in [0.29, 0.717) is 0 Å². The van der Waals surface area contributed by atoms with Crippen molar-refractivity contribution in [2.45, 2.75) is 24.5 Å². The topological polar surface area (TPSA) is 26.3 Å². The van der Waals surface area contributed by atoms with Crippen molar-refractivity contribution in [2.75, 3.05) is 12.9 Å². The van der Waals surface area contributed by atoms with Gasteiger partial charge in [0.15, 0.2) is 0 Å². The second-order valence-corrected chi connectivity index (χ2v) is 5.36. The van der Waals surface area contributed by atoms with Crippen LogP contribution in [0.3, 0.4) is 0 Å². The quantitative estimate of drug-likeness (QED) is 0.587. The highest BCUT2D eigenvalue weighted by Crippen LogP contribution is 2.32. The summed E-state index contributed by atoms with van der Waals surface area (Å²) in [5, 5.41) is 0. The van der Waals surface area contributed by atoms with Gasteiger partial charge in [-0.1, -0.05) is 13.8 Å². The molecule has 0 aliphatic carbocycles. The number of rotatable bonds is 4. The van der Waals surface area contributed by atoms with Crippen LogP contribution < -0.4 is 0 Å². The van der Waals surface area contributed by atoms with Crippen molar-refractivity contribution in [2.24, 2.45) is 0 Å². The van der Waals surface area contributed by atoms with Crippen molar-refractivity contribution < 1.29 is 9.53 Å². The summed E-state index contributed by atoms with van der Waals surface area (Å²) in [5.41, 5.74) is 0.723. The molecule has 0 saturated heterocycles. The van der Waals surface area contributed by atoms with Crippen LogP contribution in [0.1, 0.15) is 29.1 Å². The van der Waals surface area contributed by atoms with E-state index >= 15 is 0 Å². The first-order chi connectivity index (χ1) is 6.72. The van der Waals surface area contributed by atoms with Gasteiger partial charge in [0.1, 0.15) is 0 Å². The van der Waals surface area contributed by atoms with Gasteiger partial charge in [0.25, 0.3) is 0 Å². The monoisotopic (exact) mass is 230 g/mol. The summed E-state index contributed by atoms with van der Waals surface area (Å²) in [6.07, 6.45) is 0.971. The van der Waals surface area contributed by atoms with E-state index in [1.165, 1.54) is 12.0 Å². The summed E-state index contributed by atoms with van der Waals surface area (Å²) < 4.78 is 5.82. The number of hydrogen-bond acceptors (Lipinski definition) is 4. The summed E-state index contributed by atoms with van der Waals surface area (Å²) in [5.74, 6) is 0.755. The molecule has 1 heterocycles. The van der Waals surface area contributed by atoms with Crippen LogP contribution in [-0.2, 0) is 11.2 Å². The lowest BCUT2D eigenvalue weighted by Crippen LogP contribution is -2.00. The average molecular weight is 230 g/mol. The highest BCUT2D eigenvalue weighted by molar-refractivity contribution is 8.01. The van der Waals surface area contributed by atoms with Crippen LogP contribution in [0.15, 0.2) is 10.3 Å². The molecule has 0 aliphatic heterocycles. The molecule has 0 fully saturated rings. The zero-order chi connectivity index (χ0) is 10.6. The van der Waals surface area contributed by atoms with E-state index in [4.69, 9.17) is 4.74 Å². The number of esters is 1. The summed E-state index contributed by atoms with van der Waals surface area (Å²) in [6, 6.07) is 1.94. The molecule has 0 saturated carbocycles. The maximum absolute atomic E-state index is 11.4. The predicted octanol–water partition coefficient (Wildman–Crippen LogP) is 3.21. The van der Waals surface area contributed by atoms with Crippen molar-refractivity contribution in [3.63, 3.8) is 0 Å². The van der Waals surface area contributed by atoms with E-state index in [1.54, 1.807) is 23.1 Å². The molecule has 1 rings (SSSR count). The Morgan fingerprint density at radius 3 is 2.79 bits per heavy atom. The number of thioether (sulfide) groups is 1. The molecule has 0 bridgehead atoms. The maximum Gasteiger partial charge on any atom is 0.339 e. The Morgan fingerprint density at radius 1 is 1.57 bits per heavy atom. The summed E-state index contributed by atoms with van der Waals surface area (Å²) in [4.78, 5) is 12.6. The molecule has 0 N–H and O–H groups in total. The number of ether oxygens (including phenoxy) is 1. The fourth-order valence-electron chi connectivity index (χ4n) is 1.09. The van der Waals surface area contributed by atoms with Gasteiger partial charge < -0.3 is 4.74 Å². The fourth-order valence-corrected chi connectivity index (χ4v) is 3.37. The molecule has 0 radical (unpaired) electrons. The molecule has 0 spiro atoms. The second-order valence-electron chi connectivity index (χ2n) is 2.69. The Hall–Kier alpha value is -0.480. The number of carbonyl (C=O) groups excluding carboxylic acids is 1. The van der Waals surface area contributed by atoms with Crippen LogP contribution in [-0.4, -0.2) is 18.8 Å². The SMILES string of the molecule is CCSc1sc(CC)cc1C(=O)OC. The Balaban J connectivity index is 2.99. The molecule has 2 nitrogen and oxygen atoms in total. The standard InChI is InChI=1S/C10H14O2S2/c1-4-7-6-8(9(11)12-3)10(14-7)13-5-2/h6H,4-5H2,1-3H3. The number of methoxy groups -OCH3 is 1. The lowest BCUT2D eigenvalue weighted by molar-refractivity contribution is 0.0598. The van der Waals surface area contributed by atoms with Gasteiger partial charge in [-0.3, -0.25) is 0 Å². The zero-order valence-corrected chi connectivity index (χ0v) is 10.3.